The number of methoxy groups -OCH3 is 1. The molecule has 0 bridgehead atoms. The van der Waals surface area contributed by atoms with Gasteiger partial charge in [0, 0.05) is 5.41 Å². The molecule has 1 aromatic carbocycles. The summed E-state index contributed by atoms with van der Waals surface area (Å²) in [4.78, 5) is 16.5. The first-order chi connectivity index (χ1) is 10.8. The predicted molar refractivity (Wildman–Crippen MR) is 92.2 cm³/mol. The van der Waals surface area contributed by atoms with E-state index in [0.29, 0.717) is 16.6 Å². The number of aryl methyl sites for hydroxylation is 1. The summed E-state index contributed by atoms with van der Waals surface area (Å²) in [6, 6.07) is 5.65. The number of H-pyrrole nitrogens is 1. The summed E-state index contributed by atoms with van der Waals surface area (Å²) in [6.45, 7) is 8.13. The molecule has 0 aliphatic rings. The van der Waals surface area contributed by atoms with Crippen molar-refractivity contribution in [2.45, 2.75) is 38.3 Å². The lowest BCUT2D eigenvalue weighted by Crippen LogP contribution is -2.15. The minimum absolute atomic E-state index is 0.0942. The lowest BCUT2D eigenvalue weighted by Gasteiger charge is -2.12. The Kier molecular flexibility index (Phi) is 5.30. The number of benzene rings is 1. The highest BCUT2D eigenvalue weighted by atomic mass is 32.2. The number of ether oxygens (including phenoxy) is 1. The normalized spacial score (nSPS) is 11.3. The Bertz CT molecular complexity index is 692. The van der Waals surface area contributed by atoms with Crippen molar-refractivity contribution >= 4 is 23.4 Å². The first kappa shape index (κ1) is 17.3. The highest BCUT2D eigenvalue weighted by molar-refractivity contribution is 7.99. The Hall–Kier alpha value is -2.02. The SMILES string of the molecule is COc1ccc(C)cc1NC(=O)CSc1n[nH]c(C(C)(C)C)n1. The van der Waals surface area contributed by atoms with Crippen molar-refractivity contribution in [1.29, 1.82) is 0 Å². The Morgan fingerprint density at radius 3 is 2.74 bits per heavy atom. The molecule has 2 rings (SSSR count). The van der Waals surface area contributed by atoms with Gasteiger partial charge in [-0.05, 0) is 24.6 Å². The lowest BCUT2D eigenvalue weighted by atomic mass is 9.96. The quantitative estimate of drug-likeness (QED) is 0.821. The van der Waals surface area contributed by atoms with Crippen LogP contribution in [0.4, 0.5) is 5.69 Å². The molecule has 0 fully saturated rings. The number of thioether (sulfide) groups is 1. The second-order valence-corrected chi connectivity index (χ2v) is 7.20. The van der Waals surface area contributed by atoms with Gasteiger partial charge >= 0.3 is 0 Å². The fourth-order valence-corrected chi connectivity index (χ4v) is 2.48. The van der Waals surface area contributed by atoms with Crippen molar-refractivity contribution in [3.8, 4) is 5.75 Å². The minimum atomic E-state index is -0.124. The zero-order chi connectivity index (χ0) is 17.0. The molecule has 0 saturated heterocycles. The molecule has 1 amide bonds. The topological polar surface area (TPSA) is 79.9 Å². The highest BCUT2D eigenvalue weighted by Crippen LogP contribution is 2.26. The van der Waals surface area contributed by atoms with Crippen LogP contribution in [0.1, 0.15) is 32.2 Å². The van der Waals surface area contributed by atoms with E-state index in [1.165, 1.54) is 11.8 Å². The van der Waals surface area contributed by atoms with Crippen LogP contribution < -0.4 is 10.1 Å². The van der Waals surface area contributed by atoms with Gasteiger partial charge in [-0.1, -0.05) is 38.6 Å². The van der Waals surface area contributed by atoms with Crippen molar-refractivity contribution < 1.29 is 9.53 Å². The molecule has 0 spiro atoms. The van der Waals surface area contributed by atoms with Crippen molar-refractivity contribution in [3.63, 3.8) is 0 Å². The molecule has 0 radical (unpaired) electrons. The Labute approximate surface area is 140 Å². The summed E-state index contributed by atoms with van der Waals surface area (Å²) in [6.07, 6.45) is 0. The molecule has 124 valence electrons. The molecule has 0 aliphatic carbocycles. The molecule has 0 aliphatic heterocycles. The van der Waals surface area contributed by atoms with E-state index in [1.807, 2.05) is 25.1 Å². The molecule has 6 nitrogen and oxygen atoms in total. The number of carbonyl (C=O) groups excluding carboxylic acids is 1. The van der Waals surface area contributed by atoms with E-state index in [1.54, 1.807) is 7.11 Å². The maximum absolute atomic E-state index is 12.1. The smallest absolute Gasteiger partial charge is 0.234 e. The molecule has 0 atom stereocenters. The molecule has 7 heteroatoms. The van der Waals surface area contributed by atoms with Crippen LogP contribution >= 0.6 is 11.8 Å². The molecule has 2 aromatic rings. The standard InChI is InChI=1S/C16H22N4O2S/c1-10-6-7-12(22-5)11(8-10)17-13(21)9-23-15-18-14(19-20-15)16(2,3)4/h6-8H,9H2,1-5H3,(H,17,21)(H,18,19,20). The third-order valence-corrected chi connectivity index (χ3v) is 3.98. The van der Waals surface area contributed by atoms with Crippen LogP contribution in [-0.2, 0) is 10.2 Å². The summed E-state index contributed by atoms with van der Waals surface area (Å²) in [7, 11) is 1.58. The number of rotatable bonds is 5. The minimum Gasteiger partial charge on any atom is -0.495 e. The van der Waals surface area contributed by atoms with Gasteiger partial charge in [-0.2, -0.15) is 0 Å². The Morgan fingerprint density at radius 1 is 1.39 bits per heavy atom. The Balaban J connectivity index is 1.95. The maximum atomic E-state index is 12.1. The van der Waals surface area contributed by atoms with Crippen molar-refractivity contribution in [2.24, 2.45) is 0 Å². The van der Waals surface area contributed by atoms with Gasteiger partial charge in [0.15, 0.2) is 0 Å². The van der Waals surface area contributed by atoms with Crippen LogP contribution in [0.3, 0.4) is 0 Å². The van der Waals surface area contributed by atoms with Gasteiger partial charge in [0.1, 0.15) is 11.6 Å². The number of amides is 1. The fourth-order valence-electron chi connectivity index (χ4n) is 1.88. The lowest BCUT2D eigenvalue weighted by molar-refractivity contribution is -0.113. The van der Waals surface area contributed by atoms with Gasteiger partial charge < -0.3 is 10.1 Å². The van der Waals surface area contributed by atoms with Crippen LogP contribution in [0.2, 0.25) is 0 Å². The van der Waals surface area contributed by atoms with Crippen LogP contribution in [0.25, 0.3) is 0 Å². The molecule has 1 heterocycles. The maximum Gasteiger partial charge on any atom is 0.234 e. The molecule has 2 N–H and O–H groups in total. The van der Waals surface area contributed by atoms with E-state index in [9.17, 15) is 4.79 Å². The summed E-state index contributed by atoms with van der Waals surface area (Å²) >= 11 is 1.30. The molecule has 1 aromatic heterocycles. The molecular formula is C16H22N4O2S. The number of aromatic nitrogens is 3. The van der Waals surface area contributed by atoms with Gasteiger partial charge in [0.25, 0.3) is 0 Å². The highest BCUT2D eigenvalue weighted by Gasteiger charge is 2.19. The predicted octanol–water partition coefficient (Wildman–Crippen LogP) is 3.15. The van der Waals surface area contributed by atoms with Crippen LogP contribution in [0, 0.1) is 6.92 Å². The monoisotopic (exact) mass is 334 g/mol. The van der Waals surface area contributed by atoms with Gasteiger partial charge in [-0.25, -0.2) is 4.98 Å². The molecule has 0 unspecified atom stereocenters. The number of aromatic amines is 1. The van der Waals surface area contributed by atoms with E-state index in [4.69, 9.17) is 4.74 Å². The van der Waals surface area contributed by atoms with Crippen LogP contribution in [0.5, 0.6) is 5.75 Å². The van der Waals surface area contributed by atoms with Gasteiger partial charge in [-0.15, -0.1) is 5.10 Å². The number of anilines is 1. The van der Waals surface area contributed by atoms with E-state index in [-0.39, 0.29) is 17.1 Å². The first-order valence-corrected chi connectivity index (χ1v) is 8.28. The van der Waals surface area contributed by atoms with Crippen molar-refractivity contribution in [2.75, 3.05) is 18.2 Å². The summed E-state index contributed by atoms with van der Waals surface area (Å²) < 4.78 is 5.25. The molecular weight excluding hydrogens is 312 g/mol. The second-order valence-electron chi connectivity index (χ2n) is 6.26. The van der Waals surface area contributed by atoms with E-state index < -0.39 is 0 Å². The number of hydrogen-bond donors (Lipinski definition) is 2. The summed E-state index contributed by atoms with van der Waals surface area (Å²) in [5.41, 5.74) is 1.63. The first-order valence-electron chi connectivity index (χ1n) is 7.30. The van der Waals surface area contributed by atoms with E-state index in [2.05, 4.69) is 41.3 Å². The number of carbonyl (C=O) groups is 1. The number of nitrogens with zero attached hydrogens (tertiary/aromatic N) is 2. The largest absolute Gasteiger partial charge is 0.495 e. The Morgan fingerprint density at radius 2 is 2.13 bits per heavy atom. The van der Waals surface area contributed by atoms with E-state index >= 15 is 0 Å². The fraction of sp³-hybridized carbons (Fsp3) is 0.438. The van der Waals surface area contributed by atoms with Gasteiger partial charge in [0.05, 0.1) is 18.6 Å². The zero-order valence-corrected chi connectivity index (χ0v) is 14.9. The third kappa shape index (κ3) is 4.72. The zero-order valence-electron chi connectivity index (χ0n) is 14.1. The summed E-state index contributed by atoms with van der Waals surface area (Å²) in [5, 5.41) is 10.5. The van der Waals surface area contributed by atoms with Gasteiger partial charge in [-0.3, -0.25) is 9.89 Å². The number of nitrogens with one attached hydrogen (secondary N) is 2. The average Bonchev–Trinajstić information content (AvgIpc) is 2.94. The third-order valence-electron chi connectivity index (χ3n) is 3.14. The van der Waals surface area contributed by atoms with Crippen LogP contribution in [0.15, 0.2) is 23.4 Å². The summed E-state index contributed by atoms with van der Waals surface area (Å²) in [5.74, 6) is 1.56. The number of hydrogen-bond acceptors (Lipinski definition) is 5. The van der Waals surface area contributed by atoms with Crippen molar-refractivity contribution in [1.82, 2.24) is 15.2 Å². The molecule has 0 saturated carbocycles. The van der Waals surface area contributed by atoms with Gasteiger partial charge in [0.2, 0.25) is 11.1 Å². The average molecular weight is 334 g/mol. The van der Waals surface area contributed by atoms with Crippen LogP contribution in [-0.4, -0.2) is 34.0 Å². The molecule has 23 heavy (non-hydrogen) atoms. The second kappa shape index (κ2) is 7.04. The van der Waals surface area contributed by atoms with Crippen molar-refractivity contribution in [3.05, 3.63) is 29.6 Å². The van der Waals surface area contributed by atoms with E-state index in [0.717, 1.165) is 11.4 Å².